The molecule has 0 radical (unpaired) electrons. The topological polar surface area (TPSA) is 37.2 Å². The lowest BCUT2D eigenvalue weighted by Gasteiger charge is -2.26. The molecule has 18 heavy (non-hydrogen) atoms. The zero-order valence-corrected chi connectivity index (χ0v) is 10.8. The molecular weight excluding hydrogens is 224 g/mol. The predicted molar refractivity (Wildman–Crippen MR) is 73.7 cm³/mol. The van der Waals surface area contributed by atoms with E-state index in [-0.39, 0.29) is 6.04 Å². The highest BCUT2D eigenvalue weighted by Gasteiger charge is 2.18. The second kappa shape index (κ2) is 5.12. The fourth-order valence-electron chi connectivity index (χ4n) is 2.64. The standard InChI is InChI=1S/C15H20N2O/c1-11(17-13-6-8-16-9-7-13)15-10-12-4-2-3-5-14(12)18-15/h2-5,10-11,13,16-17H,6-9H2,1H3. The molecule has 0 saturated carbocycles. The van der Waals surface area contributed by atoms with Gasteiger partial charge in [0.1, 0.15) is 11.3 Å². The molecule has 1 unspecified atom stereocenters. The van der Waals surface area contributed by atoms with Crippen molar-refractivity contribution < 1.29 is 4.42 Å². The van der Waals surface area contributed by atoms with Crippen molar-refractivity contribution in [2.24, 2.45) is 0 Å². The molecule has 0 spiro atoms. The minimum atomic E-state index is 0.278. The normalized spacial score (nSPS) is 19.2. The lowest BCUT2D eigenvalue weighted by atomic mass is 10.1. The van der Waals surface area contributed by atoms with E-state index in [1.54, 1.807) is 0 Å². The Balaban J connectivity index is 1.72. The Morgan fingerprint density at radius 1 is 1.28 bits per heavy atom. The number of hydrogen-bond acceptors (Lipinski definition) is 3. The summed E-state index contributed by atoms with van der Waals surface area (Å²) in [4.78, 5) is 0. The Bertz CT molecular complexity index is 481. The molecule has 0 amide bonds. The van der Waals surface area contributed by atoms with Gasteiger partial charge in [-0.25, -0.2) is 0 Å². The molecule has 1 aromatic carbocycles. The summed E-state index contributed by atoms with van der Waals surface area (Å²) in [5, 5.41) is 8.23. The second-order valence-corrected chi connectivity index (χ2v) is 5.10. The van der Waals surface area contributed by atoms with E-state index >= 15 is 0 Å². The van der Waals surface area contributed by atoms with Crippen LogP contribution in [0.3, 0.4) is 0 Å². The maximum absolute atomic E-state index is 5.89. The van der Waals surface area contributed by atoms with Gasteiger partial charge in [0.15, 0.2) is 0 Å². The smallest absolute Gasteiger partial charge is 0.134 e. The van der Waals surface area contributed by atoms with Gasteiger partial charge in [0.25, 0.3) is 0 Å². The van der Waals surface area contributed by atoms with Gasteiger partial charge in [-0.1, -0.05) is 18.2 Å². The van der Waals surface area contributed by atoms with Gasteiger partial charge in [-0.15, -0.1) is 0 Å². The number of nitrogens with one attached hydrogen (secondary N) is 2. The minimum Gasteiger partial charge on any atom is -0.459 e. The maximum Gasteiger partial charge on any atom is 0.134 e. The Hall–Kier alpha value is -1.32. The van der Waals surface area contributed by atoms with Gasteiger partial charge in [-0.05, 0) is 45.0 Å². The Kier molecular flexibility index (Phi) is 3.35. The molecule has 0 bridgehead atoms. The van der Waals surface area contributed by atoms with Crippen LogP contribution in [0.1, 0.15) is 31.6 Å². The van der Waals surface area contributed by atoms with Crippen molar-refractivity contribution in [3.05, 3.63) is 36.1 Å². The average Bonchev–Trinajstić information content (AvgIpc) is 2.84. The summed E-state index contributed by atoms with van der Waals surface area (Å²) < 4.78 is 5.89. The van der Waals surface area contributed by atoms with Crippen LogP contribution in [0.15, 0.2) is 34.7 Å². The first kappa shape index (κ1) is 11.8. The first-order valence-corrected chi connectivity index (χ1v) is 6.78. The second-order valence-electron chi connectivity index (χ2n) is 5.10. The maximum atomic E-state index is 5.89. The van der Waals surface area contributed by atoms with Gasteiger partial charge in [-0.2, -0.15) is 0 Å². The first-order valence-electron chi connectivity index (χ1n) is 6.78. The third-order valence-electron chi connectivity index (χ3n) is 3.70. The number of piperidine rings is 1. The van der Waals surface area contributed by atoms with Crippen LogP contribution in [-0.4, -0.2) is 19.1 Å². The molecule has 2 N–H and O–H groups in total. The molecule has 3 nitrogen and oxygen atoms in total. The third-order valence-corrected chi connectivity index (χ3v) is 3.70. The molecule has 0 aliphatic carbocycles. The van der Waals surface area contributed by atoms with Gasteiger partial charge in [0.05, 0.1) is 6.04 Å². The molecule has 96 valence electrons. The van der Waals surface area contributed by atoms with Gasteiger partial charge in [0, 0.05) is 11.4 Å². The highest BCUT2D eigenvalue weighted by Crippen LogP contribution is 2.24. The van der Waals surface area contributed by atoms with E-state index in [0.717, 1.165) is 24.4 Å². The SMILES string of the molecule is CC(NC1CCNCC1)c1cc2ccccc2o1. The summed E-state index contributed by atoms with van der Waals surface area (Å²) in [6.45, 7) is 4.41. The Labute approximate surface area is 108 Å². The van der Waals surface area contributed by atoms with Crippen molar-refractivity contribution in [3.8, 4) is 0 Å². The minimum absolute atomic E-state index is 0.278. The number of fused-ring (bicyclic) bond motifs is 1. The fourth-order valence-corrected chi connectivity index (χ4v) is 2.64. The zero-order chi connectivity index (χ0) is 12.4. The lowest BCUT2D eigenvalue weighted by molar-refractivity contribution is 0.337. The van der Waals surface area contributed by atoms with Crippen molar-refractivity contribution >= 4 is 11.0 Å². The van der Waals surface area contributed by atoms with Crippen LogP contribution < -0.4 is 10.6 Å². The molecule has 1 atom stereocenters. The molecule has 1 fully saturated rings. The molecule has 1 aliphatic rings. The van der Waals surface area contributed by atoms with Crippen molar-refractivity contribution in [1.82, 2.24) is 10.6 Å². The number of rotatable bonds is 3. The van der Waals surface area contributed by atoms with Crippen molar-refractivity contribution in [1.29, 1.82) is 0 Å². The Morgan fingerprint density at radius 3 is 2.83 bits per heavy atom. The molecule has 1 aliphatic heterocycles. The summed E-state index contributed by atoms with van der Waals surface area (Å²) in [6, 6.07) is 11.2. The summed E-state index contributed by atoms with van der Waals surface area (Å²) in [7, 11) is 0. The van der Waals surface area contributed by atoms with E-state index < -0.39 is 0 Å². The van der Waals surface area contributed by atoms with Crippen LogP contribution in [0.25, 0.3) is 11.0 Å². The molecule has 1 aromatic heterocycles. The van der Waals surface area contributed by atoms with E-state index in [1.165, 1.54) is 18.2 Å². The van der Waals surface area contributed by atoms with Crippen LogP contribution in [0.5, 0.6) is 0 Å². The lowest BCUT2D eigenvalue weighted by Crippen LogP contribution is -2.40. The molecular formula is C15H20N2O. The van der Waals surface area contributed by atoms with E-state index in [2.05, 4.69) is 29.7 Å². The van der Waals surface area contributed by atoms with Gasteiger partial charge in [0.2, 0.25) is 0 Å². The molecule has 2 aromatic rings. The van der Waals surface area contributed by atoms with Crippen LogP contribution >= 0.6 is 0 Å². The van der Waals surface area contributed by atoms with Crippen molar-refractivity contribution in [2.45, 2.75) is 31.8 Å². The van der Waals surface area contributed by atoms with Crippen molar-refractivity contribution in [2.75, 3.05) is 13.1 Å². The molecule has 1 saturated heterocycles. The van der Waals surface area contributed by atoms with E-state index in [9.17, 15) is 0 Å². The summed E-state index contributed by atoms with van der Waals surface area (Å²) in [5.41, 5.74) is 0.978. The van der Waals surface area contributed by atoms with Gasteiger partial charge in [-0.3, -0.25) is 0 Å². The molecule has 3 heteroatoms. The Morgan fingerprint density at radius 2 is 2.06 bits per heavy atom. The fraction of sp³-hybridized carbons (Fsp3) is 0.467. The van der Waals surface area contributed by atoms with Crippen LogP contribution in [0.2, 0.25) is 0 Å². The van der Waals surface area contributed by atoms with E-state index in [4.69, 9.17) is 4.42 Å². The summed E-state index contributed by atoms with van der Waals surface area (Å²) in [6.07, 6.45) is 2.40. The number of hydrogen-bond donors (Lipinski definition) is 2. The van der Waals surface area contributed by atoms with Gasteiger partial charge >= 0.3 is 0 Å². The number of benzene rings is 1. The van der Waals surface area contributed by atoms with Crippen LogP contribution in [-0.2, 0) is 0 Å². The first-order chi connectivity index (χ1) is 8.83. The molecule has 3 rings (SSSR count). The van der Waals surface area contributed by atoms with E-state index in [1.807, 2.05) is 18.2 Å². The summed E-state index contributed by atoms with van der Waals surface area (Å²) in [5.74, 6) is 1.04. The van der Waals surface area contributed by atoms with Crippen molar-refractivity contribution in [3.63, 3.8) is 0 Å². The average molecular weight is 244 g/mol. The summed E-state index contributed by atoms with van der Waals surface area (Å²) >= 11 is 0. The van der Waals surface area contributed by atoms with Crippen LogP contribution in [0.4, 0.5) is 0 Å². The number of furan rings is 1. The van der Waals surface area contributed by atoms with E-state index in [0.29, 0.717) is 6.04 Å². The predicted octanol–water partition coefficient (Wildman–Crippen LogP) is 2.84. The highest BCUT2D eigenvalue weighted by molar-refractivity contribution is 5.77. The monoisotopic (exact) mass is 244 g/mol. The largest absolute Gasteiger partial charge is 0.459 e. The molecule has 2 heterocycles. The third kappa shape index (κ3) is 2.42. The van der Waals surface area contributed by atoms with Gasteiger partial charge < -0.3 is 15.1 Å². The highest BCUT2D eigenvalue weighted by atomic mass is 16.3. The quantitative estimate of drug-likeness (QED) is 0.871. The van der Waals surface area contributed by atoms with Crippen LogP contribution in [0, 0.1) is 0 Å². The number of para-hydroxylation sites is 1. The zero-order valence-electron chi connectivity index (χ0n) is 10.8.